The number of carbonyl (C=O) groups excluding carboxylic acids is 2. The monoisotopic (exact) mass is 325 g/mol. The average Bonchev–Trinajstić information content (AvgIpc) is 2.97. The van der Waals surface area contributed by atoms with E-state index in [0.29, 0.717) is 17.8 Å². The first-order valence-corrected chi connectivity index (χ1v) is 7.40. The second kappa shape index (κ2) is 8.15. The summed E-state index contributed by atoms with van der Waals surface area (Å²) in [7, 11) is 1.59. The van der Waals surface area contributed by atoms with Gasteiger partial charge in [0.2, 0.25) is 5.91 Å². The van der Waals surface area contributed by atoms with Gasteiger partial charge in [-0.2, -0.15) is 0 Å². The van der Waals surface area contributed by atoms with Crippen molar-refractivity contribution in [1.82, 2.24) is 5.32 Å². The highest BCUT2D eigenvalue weighted by Gasteiger charge is 2.32. The molecule has 0 aromatic heterocycles. The van der Waals surface area contributed by atoms with Crippen molar-refractivity contribution in [3.05, 3.63) is 29.3 Å². The summed E-state index contributed by atoms with van der Waals surface area (Å²) in [5, 5.41) is 5.55. The van der Waals surface area contributed by atoms with Crippen LogP contribution in [0.3, 0.4) is 0 Å². The number of aryl methyl sites for hydroxylation is 1. The molecule has 1 aromatic rings. The molecule has 2 rings (SSSR count). The number of amides is 2. The van der Waals surface area contributed by atoms with Crippen molar-refractivity contribution in [2.75, 3.05) is 18.9 Å². The van der Waals surface area contributed by atoms with Crippen molar-refractivity contribution in [3.8, 4) is 0 Å². The van der Waals surface area contributed by atoms with Gasteiger partial charge >= 0.3 is 0 Å². The highest BCUT2D eigenvalue weighted by molar-refractivity contribution is 5.98. The van der Waals surface area contributed by atoms with E-state index in [4.69, 9.17) is 5.73 Å². The Morgan fingerprint density at radius 1 is 1.32 bits per heavy atom. The molecular formula is C16H24ClN3O2. The zero-order chi connectivity index (χ0) is 15.4. The molecular weight excluding hydrogens is 302 g/mol. The topological polar surface area (TPSA) is 84.2 Å². The Kier molecular flexibility index (Phi) is 6.84. The molecule has 22 heavy (non-hydrogen) atoms. The normalized spacial score (nSPS) is 20.1. The summed E-state index contributed by atoms with van der Waals surface area (Å²) in [6, 6.07) is 5.32. The number of hydrogen-bond donors (Lipinski definition) is 3. The Hall–Kier alpha value is -1.59. The fourth-order valence-corrected chi connectivity index (χ4v) is 2.93. The summed E-state index contributed by atoms with van der Waals surface area (Å²) in [4.78, 5) is 24.1. The minimum absolute atomic E-state index is 0. The molecule has 0 unspecified atom stereocenters. The van der Waals surface area contributed by atoms with Gasteiger partial charge in [0.1, 0.15) is 0 Å². The van der Waals surface area contributed by atoms with Crippen molar-refractivity contribution in [3.63, 3.8) is 0 Å². The fourth-order valence-electron chi connectivity index (χ4n) is 2.93. The lowest BCUT2D eigenvalue weighted by atomic mass is 9.95. The SMILES string of the molecule is CNC(=O)c1ccc(C)c(NC(=O)[C@@H]2CCC[C@@H]2CN)c1.Cl. The summed E-state index contributed by atoms with van der Waals surface area (Å²) in [5.74, 6) is 0.108. The van der Waals surface area contributed by atoms with E-state index in [2.05, 4.69) is 10.6 Å². The lowest BCUT2D eigenvalue weighted by Gasteiger charge is -2.18. The van der Waals surface area contributed by atoms with Crippen molar-refractivity contribution in [2.45, 2.75) is 26.2 Å². The van der Waals surface area contributed by atoms with Gasteiger partial charge in [0, 0.05) is 24.2 Å². The van der Waals surface area contributed by atoms with Gasteiger partial charge in [-0.05, 0) is 49.9 Å². The predicted molar refractivity (Wildman–Crippen MR) is 90.3 cm³/mol. The maximum atomic E-state index is 12.4. The van der Waals surface area contributed by atoms with Crippen LogP contribution in [0.5, 0.6) is 0 Å². The molecule has 1 aromatic carbocycles. The van der Waals surface area contributed by atoms with Gasteiger partial charge in [-0.25, -0.2) is 0 Å². The second-order valence-corrected chi connectivity index (χ2v) is 5.63. The third-order valence-corrected chi connectivity index (χ3v) is 4.28. The van der Waals surface area contributed by atoms with E-state index in [9.17, 15) is 9.59 Å². The first kappa shape index (κ1) is 18.5. The quantitative estimate of drug-likeness (QED) is 0.792. The largest absolute Gasteiger partial charge is 0.355 e. The lowest BCUT2D eigenvalue weighted by molar-refractivity contribution is -0.120. The van der Waals surface area contributed by atoms with Crippen LogP contribution in [0, 0.1) is 18.8 Å². The maximum absolute atomic E-state index is 12.4. The number of carbonyl (C=O) groups is 2. The number of benzene rings is 1. The van der Waals surface area contributed by atoms with E-state index in [1.165, 1.54) is 0 Å². The van der Waals surface area contributed by atoms with Crippen molar-refractivity contribution < 1.29 is 9.59 Å². The van der Waals surface area contributed by atoms with Crippen LogP contribution in [-0.2, 0) is 4.79 Å². The number of halogens is 1. The van der Waals surface area contributed by atoms with Gasteiger partial charge in [-0.15, -0.1) is 12.4 Å². The van der Waals surface area contributed by atoms with Gasteiger partial charge < -0.3 is 16.4 Å². The molecule has 0 bridgehead atoms. The molecule has 0 aliphatic heterocycles. The summed E-state index contributed by atoms with van der Waals surface area (Å²) < 4.78 is 0. The van der Waals surface area contributed by atoms with E-state index in [0.717, 1.165) is 24.8 Å². The summed E-state index contributed by atoms with van der Waals surface area (Å²) in [6.45, 7) is 2.47. The van der Waals surface area contributed by atoms with E-state index < -0.39 is 0 Å². The molecule has 122 valence electrons. The molecule has 4 N–H and O–H groups in total. The molecule has 6 heteroatoms. The number of anilines is 1. The molecule has 1 saturated carbocycles. The Labute approximate surface area is 137 Å². The third kappa shape index (κ3) is 3.99. The van der Waals surface area contributed by atoms with Crippen LogP contribution < -0.4 is 16.4 Å². The van der Waals surface area contributed by atoms with E-state index >= 15 is 0 Å². The van der Waals surface area contributed by atoms with Gasteiger partial charge in [0.15, 0.2) is 0 Å². The minimum Gasteiger partial charge on any atom is -0.355 e. The molecule has 0 radical (unpaired) electrons. The smallest absolute Gasteiger partial charge is 0.251 e. The summed E-state index contributed by atoms with van der Waals surface area (Å²) >= 11 is 0. The van der Waals surface area contributed by atoms with Crippen molar-refractivity contribution in [2.24, 2.45) is 17.6 Å². The molecule has 2 atom stereocenters. The van der Waals surface area contributed by atoms with E-state index in [-0.39, 0.29) is 36.1 Å². The van der Waals surface area contributed by atoms with E-state index in [1.54, 1.807) is 19.2 Å². The van der Waals surface area contributed by atoms with Crippen LogP contribution in [0.2, 0.25) is 0 Å². The second-order valence-electron chi connectivity index (χ2n) is 5.63. The van der Waals surface area contributed by atoms with Crippen LogP contribution in [0.25, 0.3) is 0 Å². The first-order chi connectivity index (χ1) is 10.1. The van der Waals surface area contributed by atoms with Gasteiger partial charge in [-0.3, -0.25) is 9.59 Å². The summed E-state index contributed by atoms with van der Waals surface area (Å²) in [6.07, 6.45) is 2.96. The molecule has 0 spiro atoms. The fraction of sp³-hybridized carbons (Fsp3) is 0.500. The average molecular weight is 326 g/mol. The van der Waals surface area contributed by atoms with Gasteiger partial charge in [0.25, 0.3) is 5.91 Å². The van der Waals surface area contributed by atoms with Crippen molar-refractivity contribution in [1.29, 1.82) is 0 Å². The number of nitrogens with one attached hydrogen (secondary N) is 2. The Balaban J connectivity index is 0.00000242. The van der Waals surface area contributed by atoms with Crippen molar-refractivity contribution >= 4 is 29.9 Å². The predicted octanol–water partition coefficient (Wildman–Crippen LogP) is 2.09. The number of rotatable bonds is 4. The summed E-state index contributed by atoms with van der Waals surface area (Å²) in [5.41, 5.74) is 7.92. The molecule has 1 aliphatic rings. The Morgan fingerprint density at radius 3 is 2.68 bits per heavy atom. The van der Waals surface area contributed by atoms with Crippen LogP contribution >= 0.6 is 12.4 Å². The zero-order valence-electron chi connectivity index (χ0n) is 13.0. The van der Waals surface area contributed by atoms with E-state index in [1.807, 2.05) is 13.0 Å². The van der Waals surface area contributed by atoms with Gasteiger partial charge in [0.05, 0.1) is 0 Å². The first-order valence-electron chi connectivity index (χ1n) is 7.40. The Bertz CT molecular complexity index is 548. The Morgan fingerprint density at radius 2 is 2.05 bits per heavy atom. The number of nitrogens with two attached hydrogens (primary N) is 1. The van der Waals surface area contributed by atoms with Gasteiger partial charge in [-0.1, -0.05) is 12.5 Å². The standard InChI is InChI=1S/C16H23N3O2.ClH/c1-10-6-7-11(15(20)18-2)8-14(10)19-16(21)13-5-3-4-12(13)9-17;/h6-8,12-13H,3-5,9,17H2,1-2H3,(H,18,20)(H,19,21);1H/t12-,13-;/m1./s1. The molecule has 1 aliphatic carbocycles. The zero-order valence-corrected chi connectivity index (χ0v) is 13.8. The van der Waals surface area contributed by atoms with Crippen LogP contribution in [-0.4, -0.2) is 25.4 Å². The molecule has 0 heterocycles. The highest BCUT2D eigenvalue weighted by atomic mass is 35.5. The minimum atomic E-state index is -0.161. The van der Waals surface area contributed by atoms with Crippen LogP contribution in [0.1, 0.15) is 35.2 Å². The third-order valence-electron chi connectivity index (χ3n) is 4.28. The molecule has 2 amide bonds. The molecule has 1 fully saturated rings. The van der Waals surface area contributed by atoms with Crippen LogP contribution in [0.15, 0.2) is 18.2 Å². The molecule has 0 saturated heterocycles. The number of hydrogen-bond acceptors (Lipinski definition) is 3. The lowest BCUT2D eigenvalue weighted by Crippen LogP contribution is -2.30. The molecule has 5 nitrogen and oxygen atoms in total. The van der Waals surface area contributed by atoms with Crippen LogP contribution in [0.4, 0.5) is 5.69 Å². The highest BCUT2D eigenvalue weighted by Crippen LogP contribution is 2.32. The maximum Gasteiger partial charge on any atom is 0.251 e.